The molecule has 0 radical (unpaired) electrons. The summed E-state index contributed by atoms with van der Waals surface area (Å²) in [5, 5.41) is 2.99. The van der Waals surface area contributed by atoms with Gasteiger partial charge >= 0.3 is 6.03 Å². The van der Waals surface area contributed by atoms with Crippen molar-refractivity contribution in [1.82, 2.24) is 19.0 Å². The van der Waals surface area contributed by atoms with Crippen molar-refractivity contribution in [1.29, 1.82) is 0 Å². The molecule has 2 heterocycles. The highest BCUT2D eigenvalue weighted by atomic mass is 32.1. The first kappa shape index (κ1) is 14.4. The van der Waals surface area contributed by atoms with Gasteiger partial charge in [0.05, 0.1) is 30.2 Å². The van der Waals surface area contributed by atoms with E-state index >= 15 is 0 Å². The van der Waals surface area contributed by atoms with Crippen LogP contribution in [0, 0.1) is 11.8 Å². The van der Waals surface area contributed by atoms with E-state index in [1.165, 1.54) is 4.90 Å². The van der Waals surface area contributed by atoms with Crippen molar-refractivity contribution in [3.05, 3.63) is 11.9 Å². The fourth-order valence-electron chi connectivity index (χ4n) is 2.95. The van der Waals surface area contributed by atoms with Crippen molar-refractivity contribution >= 4 is 23.7 Å². The molecule has 114 valence electrons. The second kappa shape index (κ2) is 5.36. The van der Waals surface area contributed by atoms with Gasteiger partial charge in [-0.2, -0.15) is 8.75 Å². The summed E-state index contributed by atoms with van der Waals surface area (Å²) in [7, 11) is 0. The first-order chi connectivity index (χ1) is 10.0. The van der Waals surface area contributed by atoms with Crippen LogP contribution in [0.4, 0.5) is 4.79 Å². The number of hydrogen-bond acceptors (Lipinski definition) is 5. The maximum atomic E-state index is 12.9. The molecule has 0 aromatic carbocycles. The summed E-state index contributed by atoms with van der Waals surface area (Å²) < 4.78 is 8.01. The van der Waals surface area contributed by atoms with Gasteiger partial charge in [-0.15, -0.1) is 0 Å². The van der Waals surface area contributed by atoms with Crippen LogP contribution in [0.2, 0.25) is 0 Å². The number of aromatic nitrogens is 2. The van der Waals surface area contributed by atoms with Gasteiger partial charge in [-0.3, -0.25) is 9.69 Å². The normalized spacial score (nSPS) is 25.8. The molecule has 2 fully saturated rings. The summed E-state index contributed by atoms with van der Waals surface area (Å²) >= 11 is 1.09. The summed E-state index contributed by atoms with van der Waals surface area (Å²) in [6, 6.07) is -0.288. The smallest absolute Gasteiger partial charge is 0.323 e. The monoisotopic (exact) mass is 308 g/mol. The standard InChI is InChI=1S/C14H20N4O2S/c1-9(2)5-6-14(10-3-4-10)12(19)18(13(20)16-14)8-11-7-15-21-17-11/h7,9-10H,3-6,8H2,1-2H3,(H,16,20). The number of rotatable bonds is 6. The molecular weight excluding hydrogens is 288 g/mol. The Hall–Kier alpha value is -1.50. The Morgan fingerprint density at radius 2 is 2.24 bits per heavy atom. The largest absolute Gasteiger partial charge is 0.325 e. The van der Waals surface area contributed by atoms with Crippen LogP contribution >= 0.6 is 11.7 Å². The number of amides is 3. The van der Waals surface area contributed by atoms with E-state index in [1.54, 1.807) is 6.20 Å². The summed E-state index contributed by atoms with van der Waals surface area (Å²) in [4.78, 5) is 26.4. The Balaban J connectivity index is 1.79. The lowest BCUT2D eigenvalue weighted by atomic mass is 9.85. The van der Waals surface area contributed by atoms with Gasteiger partial charge in [0.15, 0.2) is 0 Å². The van der Waals surface area contributed by atoms with Crippen molar-refractivity contribution in [2.45, 2.75) is 51.6 Å². The van der Waals surface area contributed by atoms with Gasteiger partial charge in [-0.05, 0) is 37.5 Å². The van der Waals surface area contributed by atoms with Gasteiger partial charge in [-0.25, -0.2) is 4.79 Å². The first-order valence-corrected chi connectivity index (χ1v) is 8.16. The predicted octanol–water partition coefficient (Wildman–Crippen LogP) is 2.17. The second-order valence-electron chi connectivity index (χ2n) is 6.40. The van der Waals surface area contributed by atoms with Gasteiger partial charge in [-0.1, -0.05) is 13.8 Å². The number of urea groups is 1. The molecule has 1 N–H and O–H groups in total. The van der Waals surface area contributed by atoms with Crippen LogP contribution in [-0.4, -0.2) is 31.1 Å². The number of nitrogens with zero attached hydrogens (tertiary/aromatic N) is 3. The van der Waals surface area contributed by atoms with E-state index in [4.69, 9.17) is 0 Å². The third-order valence-electron chi connectivity index (χ3n) is 4.32. The van der Waals surface area contributed by atoms with Crippen molar-refractivity contribution < 1.29 is 9.59 Å². The molecule has 1 aliphatic carbocycles. The van der Waals surface area contributed by atoms with Crippen molar-refractivity contribution in [3.63, 3.8) is 0 Å². The number of imide groups is 1. The third-order valence-corrected chi connectivity index (χ3v) is 4.84. The molecule has 6 nitrogen and oxygen atoms in total. The lowest BCUT2D eigenvalue weighted by Gasteiger charge is -2.27. The van der Waals surface area contributed by atoms with Gasteiger partial charge in [0.2, 0.25) is 0 Å². The molecule has 1 atom stereocenters. The van der Waals surface area contributed by atoms with Crippen molar-refractivity contribution in [3.8, 4) is 0 Å². The number of nitrogens with one attached hydrogen (secondary N) is 1. The summed E-state index contributed by atoms with van der Waals surface area (Å²) in [6.07, 6.45) is 5.32. The maximum Gasteiger partial charge on any atom is 0.325 e. The molecule has 3 amide bonds. The minimum absolute atomic E-state index is 0.0800. The number of carbonyl (C=O) groups excluding carboxylic acids is 2. The summed E-state index contributed by atoms with van der Waals surface area (Å²) in [6.45, 7) is 4.50. The van der Waals surface area contributed by atoms with Crippen LogP contribution in [0.3, 0.4) is 0 Å². The first-order valence-electron chi connectivity index (χ1n) is 7.43. The highest BCUT2D eigenvalue weighted by Crippen LogP contribution is 2.46. The summed E-state index contributed by atoms with van der Waals surface area (Å²) in [5.41, 5.74) is -0.0101. The van der Waals surface area contributed by atoms with Crippen molar-refractivity contribution in [2.24, 2.45) is 11.8 Å². The Morgan fingerprint density at radius 1 is 1.48 bits per heavy atom. The Kier molecular flexibility index (Phi) is 3.69. The van der Waals surface area contributed by atoms with Crippen LogP contribution in [0.1, 0.15) is 45.2 Å². The third kappa shape index (κ3) is 2.66. The van der Waals surface area contributed by atoms with E-state index in [2.05, 4.69) is 27.9 Å². The minimum atomic E-state index is -0.676. The van der Waals surface area contributed by atoms with E-state index in [1.807, 2.05) is 0 Å². The number of carbonyl (C=O) groups is 2. The molecule has 1 unspecified atom stereocenters. The van der Waals surface area contributed by atoms with Crippen molar-refractivity contribution in [2.75, 3.05) is 0 Å². The maximum absolute atomic E-state index is 12.9. The van der Waals surface area contributed by atoms with Gasteiger partial charge < -0.3 is 5.32 Å². The lowest BCUT2D eigenvalue weighted by molar-refractivity contribution is -0.132. The molecular formula is C14H20N4O2S. The Morgan fingerprint density at radius 3 is 2.81 bits per heavy atom. The van der Waals surface area contributed by atoms with E-state index in [0.717, 1.165) is 37.4 Å². The molecule has 2 aliphatic rings. The van der Waals surface area contributed by atoms with E-state index < -0.39 is 5.54 Å². The Labute approximate surface area is 128 Å². The molecule has 1 saturated heterocycles. The van der Waals surface area contributed by atoms with Crippen LogP contribution in [0.25, 0.3) is 0 Å². The highest BCUT2D eigenvalue weighted by molar-refractivity contribution is 6.99. The van der Waals surface area contributed by atoms with Gasteiger partial charge in [0.25, 0.3) is 5.91 Å². The van der Waals surface area contributed by atoms with Gasteiger partial charge in [0, 0.05) is 0 Å². The van der Waals surface area contributed by atoms with Gasteiger partial charge in [0.1, 0.15) is 5.54 Å². The zero-order valence-corrected chi connectivity index (χ0v) is 13.2. The van der Waals surface area contributed by atoms with E-state index in [9.17, 15) is 9.59 Å². The molecule has 7 heteroatoms. The zero-order chi connectivity index (χ0) is 15.0. The molecule has 0 spiro atoms. The minimum Gasteiger partial charge on any atom is -0.323 e. The van der Waals surface area contributed by atoms with Crippen LogP contribution in [0.5, 0.6) is 0 Å². The van der Waals surface area contributed by atoms with Crippen LogP contribution < -0.4 is 5.32 Å². The fourth-order valence-corrected chi connectivity index (χ4v) is 3.37. The molecule has 1 aromatic heterocycles. The molecule has 3 rings (SSSR count). The van der Waals surface area contributed by atoms with E-state index in [0.29, 0.717) is 17.5 Å². The Bertz CT molecular complexity index is 541. The summed E-state index contributed by atoms with van der Waals surface area (Å²) in [5.74, 6) is 0.733. The highest BCUT2D eigenvalue weighted by Gasteiger charge is 2.58. The average molecular weight is 308 g/mol. The van der Waals surface area contributed by atoms with Crippen LogP contribution in [0.15, 0.2) is 6.20 Å². The topological polar surface area (TPSA) is 75.2 Å². The average Bonchev–Trinajstić information content (AvgIpc) is 3.12. The molecule has 0 bridgehead atoms. The predicted molar refractivity (Wildman–Crippen MR) is 78.5 cm³/mol. The quantitative estimate of drug-likeness (QED) is 0.817. The number of hydrogen-bond donors (Lipinski definition) is 1. The molecule has 1 aliphatic heterocycles. The molecule has 1 saturated carbocycles. The van der Waals surface area contributed by atoms with Crippen LogP contribution in [-0.2, 0) is 11.3 Å². The SMILES string of the molecule is CC(C)CCC1(C2CC2)NC(=O)N(Cc2cnsn2)C1=O. The molecule has 21 heavy (non-hydrogen) atoms. The fraction of sp³-hybridized carbons (Fsp3) is 0.714. The second-order valence-corrected chi connectivity index (χ2v) is 6.96. The molecule has 1 aromatic rings. The zero-order valence-electron chi connectivity index (χ0n) is 12.3. The lowest BCUT2D eigenvalue weighted by Crippen LogP contribution is -2.49. The van der Waals surface area contributed by atoms with E-state index in [-0.39, 0.29) is 18.5 Å².